The first-order valence-electron chi connectivity index (χ1n) is 9.23. The summed E-state index contributed by atoms with van der Waals surface area (Å²) in [5, 5.41) is 1.17. The molecule has 0 saturated heterocycles. The van der Waals surface area contributed by atoms with E-state index in [1.807, 2.05) is 25.1 Å². The molecule has 0 N–H and O–H groups in total. The van der Waals surface area contributed by atoms with E-state index >= 15 is 0 Å². The minimum Gasteiger partial charge on any atom is -0.494 e. The van der Waals surface area contributed by atoms with Gasteiger partial charge >= 0.3 is 5.97 Å². The molecule has 1 fully saturated rings. The molecule has 28 heavy (non-hydrogen) atoms. The van der Waals surface area contributed by atoms with Crippen molar-refractivity contribution in [2.24, 2.45) is 0 Å². The van der Waals surface area contributed by atoms with Crippen molar-refractivity contribution in [3.05, 3.63) is 58.9 Å². The number of benzene rings is 2. The molecule has 0 radical (unpaired) electrons. The molecular weight excluding hydrogens is 376 g/mol. The van der Waals surface area contributed by atoms with Crippen LogP contribution < -0.4 is 15.0 Å². The Hall–Kier alpha value is -2.80. The van der Waals surface area contributed by atoms with Crippen LogP contribution in [-0.4, -0.2) is 27.9 Å². The highest BCUT2D eigenvalue weighted by atomic mass is 32.2. The molecule has 1 heterocycles. The summed E-state index contributed by atoms with van der Waals surface area (Å²) in [4.78, 5) is 29.7. The highest BCUT2D eigenvalue weighted by Gasteiger charge is 2.28. The van der Waals surface area contributed by atoms with E-state index in [2.05, 4.69) is 4.98 Å². The van der Waals surface area contributed by atoms with Crippen LogP contribution in [0, 0.1) is 0 Å². The van der Waals surface area contributed by atoms with E-state index in [4.69, 9.17) is 9.47 Å². The van der Waals surface area contributed by atoms with Gasteiger partial charge in [-0.15, -0.1) is 0 Å². The van der Waals surface area contributed by atoms with Crippen LogP contribution >= 0.6 is 11.8 Å². The summed E-state index contributed by atoms with van der Waals surface area (Å²) in [6.45, 7) is 2.49. The monoisotopic (exact) mass is 396 g/mol. The first kappa shape index (κ1) is 18.6. The van der Waals surface area contributed by atoms with E-state index in [1.165, 1.54) is 11.8 Å². The molecule has 0 atom stereocenters. The fraction of sp³-hybridized carbons (Fsp3) is 0.286. The number of carbonyl (C=O) groups is 1. The van der Waals surface area contributed by atoms with Crippen molar-refractivity contribution in [3.8, 4) is 11.5 Å². The SMILES string of the molecule is CCOc1ccc(OC(=O)CSc2nc3ccccc3c(=O)n2C2CC2)cc1. The zero-order chi connectivity index (χ0) is 19.5. The molecule has 0 aliphatic heterocycles. The molecule has 144 valence electrons. The zero-order valence-corrected chi connectivity index (χ0v) is 16.3. The Labute approximate surface area is 166 Å². The molecule has 6 nitrogen and oxygen atoms in total. The Balaban J connectivity index is 1.48. The first-order chi connectivity index (χ1) is 13.7. The molecule has 1 aliphatic rings. The van der Waals surface area contributed by atoms with Gasteiger partial charge in [0.1, 0.15) is 11.5 Å². The van der Waals surface area contributed by atoms with Crippen LogP contribution in [0.3, 0.4) is 0 Å². The Bertz CT molecular complexity index is 1060. The molecule has 0 amide bonds. The van der Waals surface area contributed by atoms with Gasteiger partial charge in [0.05, 0.1) is 23.3 Å². The summed E-state index contributed by atoms with van der Waals surface area (Å²) in [5.41, 5.74) is 0.599. The summed E-state index contributed by atoms with van der Waals surface area (Å²) in [5.74, 6) is 0.870. The smallest absolute Gasteiger partial charge is 0.321 e. The lowest BCUT2D eigenvalue weighted by atomic mass is 10.2. The van der Waals surface area contributed by atoms with Gasteiger partial charge in [0.2, 0.25) is 0 Å². The third kappa shape index (κ3) is 4.04. The van der Waals surface area contributed by atoms with Crippen molar-refractivity contribution in [2.45, 2.75) is 31.0 Å². The summed E-state index contributed by atoms with van der Waals surface area (Å²) in [6, 6.07) is 14.4. The molecule has 0 bridgehead atoms. The summed E-state index contributed by atoms with van der Waals surface area (Å²) < 4.78 is 12.5. The second kappa shape index (κ2) is 8.06. The number of hydrogen-bond donors (Lipinski definition) is 0. The molecule has 1 aromatic heterocycles. The summed E-state index contributed by atoms with van der Waals surface area (Å²) >= 11 is 1.24. The van der Waals surface area contributed by atoms with E-state index < -0.39 is 0 Å². The second-order valence-corrected chi connectivity index (χ2v) is 7.43. The minimum absolute atomic E-state index is 0.0459. The van der Waals surface area contributed by atoms with Crippen molar-refractivity contribution in [2.75, 3.05) is 12.4 Å². The number of ether oxygens (including phenoxy) is 2. The molecule has 0 spiro atoms. The van der Waals surface area contributed by atoms with E-state index in [0.29, 0.717) is 28.4 Å². The maximum absolute atomic E-state index is 12.8. The number of hydrogen-bond acceptors (Lipinski definition) is 6. The quantitative estimate of drug-likeness (QED) is 0.262. The average molecular weight is 396 g/mol. The van der Waals surface area contributed by atoms with Crippen molar-refractivity contribution < 1.29 is 14.3 Å². The van der Waals surface area contributed by atoms with Gasteiger partial charge in [0.15, 0.2) is 5.16 Å². The average Bonchev–Trinajstić information content (AvgIpc) is 3.53. The van der Waals surface area contributed by atoms with Crippen LogP contribution in [0.2, 0.25) is 0 Å². The molecule has 3 aromatic rings. The van der Waals surface area contributed by atoms with Crippen molar-refractivity contribution >= 4 is 28.6 Å². The van der Waals surface area contributed by atoms with Gasteiger partial charge in [-0.1, -0.05) is 23.9 Å². The first-order valence-corrected chi connectivity index (χ1v) is 10.2. The number of nitrogens with zero attached hydrogens (tertiary/aromatic N) is 2. The number of rotatable bonds is 7. The van der Waals surface area contributed by atoms with Crippen molar-refractivity contribution in [3.63, 3.8) is 0 Å². The number of fused-ring (bicyclic) bond motifs is 1. The predicted octanol–water partition coefficient (Wildman–Crippen LogP) is 3.83. The maximum atomic E-state index is 12.8. The maximum Gasteiger partial charge on any atom is 0.321 e. The van der Waals surface area contributed by atoms with E-state index in [-0.39, 0.29) is 23.3 Å². The van der Waals surface area contributed by atoms with Crippen molar-refractivity contribution in [1.29, 1.82) is 0 Å². The number of para-hydroxylation sites is 1. The van der Waals surface area contributed by atoms with Gasteiger partial charge in [-0.3, -0.25) is 14.2 Å². The van der Waals surface area contributed by atoms with Gasteiger partial charge in [-0.2, -0.15) is 0 Å². The summed E-state index contributed by atoms with van der Waals surface area (Å²) in [7, 11) is 0. The number of esters is 1. The molecule has 1 saturated carbocycles. The summed E-state index contributed by atoms with van der Waals surface area (Å²) in [6.07, 6.45) is 1.92. The standard InChI is InChI=1S/C21H20N2O4S/c1-2-26-15-9-11-16(12-10-15)27-19(24)13-28-21-22-18-6-4-3-5-17(18)20(25)23(21)14-7-8-14/h3-6,9-12,14H,2,7-8,13H2,1H3. The predicted molar refractivity (Wildman–Crippen MR) is 108 cm³/mol. The van der Waals surface area contributed by atoms with Crippen LogP contribution in [0.4, 0.5) is 0 Å². The van der Waals surface area contributed by atoms with E-state index in [9.17, 15) is 9.59 Å². The van der Waals surface area contributed by atoms with Gasteiger partial charge < -0.3 is 9.47 Å². The van der Waals surface area contributed by atoms with E-state index in [0.717, 1.165) is 18.6 Å². The lowest BCUT2D eigenvalue weighted by Gasteiger charge is -2.12. The fourth-order valence-corrected chi connectivity index (χ4v) is 3.78. The Morgan fingerprint density at radius 3 is 2.57 bits per heavy atom. The number of aromatic nitrogens is 2. The number of carbonyl (C=O) groups excluding carboxylic acids is 1. The van der Waals surface area contributed by atoms with Crippen LogP contribution in [0.5, 0.6) is 11.5 Å². The van der Waals surface area contributed by atoms with Crippen LogP contribution in [0.15, 0.2) is 58.5 Å². The number of thioether (sulfide) groups is 1. The molecule has 4 rings (SSSR count). The van der Waals surface area contributed by atoms with Gasteiger partial charge in [-0.25, -0.2) is 4.98 Å². The Kier molecular flexibility index (Phi) is 5.34. The van der Waals surface area contributed by atoms with Gasteiger partial charge in [0.25, 0.3) is 5.56 Å². The normalized spacial score (nSPS) is 13.5. The Morgan fingerprint density at radius 2 is 1.86 bits per heavy atom. The van der Waals surface area contributed by atoms with Gasteiger partial charge in [-0.05, 0) is 56.2 Å². The molecule has 7 heteroatoms. The largest absolute Gasteiger partial charge is 0.494 e. The Morgan fingerprint density at radius 1 is 1.14 bits per heavy atom. The molecular formula is C21H20N2O4S. The van der Waals surface area contributed by atoms with Gasteiger partial charge in [0, 0.05) is 6.04 Å². The molecule has 0 unspecified atom stereocenters. The van der Waals surface area contributed by atoms with Crippen LogP contribution in [0.1, 0.15) is 25.8 Å². The highest BCUT2D eigenvalue weighted by molar-refractivity contribution is 7.99. The van der Waals surface area contributed by atoms with Crippen LogP contribution in [-0.2, 0) is 4.79 Å². The third-order valence-electron chi connectivity index (χ3n) is 4.37. The van der Waals surface area contributed by atoms with Crippen LogP contribution in [0.25, 0.3) is 10.9 Å². The second-order valence-electron chi connectivity index (χ2n) is 6.49. The molecule has 2 aromatic carbocycles. The highest BCUT2D eigenvalue weighted by Crippen LogP contribution is 2.36. The lowest BCUT2D eigenvalue weighted by Crippen LogP contribution is -2.23. The zero-order valence-electron chi connectivity index (χ0n) is 15.5. The fourth-order valence-electron chi connectivity index (χ4n) is 2.94. The lowest BCUT2D eigenvalue weighted by molar-refractivity contribution is -0.131. The third-order valence-corrected chi connectivity index (χ3v) is 5.30. The van der Waals surface area contributed by atoms with E-state index in [1.54, 1.807) is 34.9 Å². The molecule has 1 aliphatic carbocycles. The van der Waals surface area contributed by atoms with Crippen molar-refractivity contribution in [1.82, 2.24) is 9.55 Å². The minimum atomic E-state index is -0.390. The topological polar surface area (TPSA) is 70.4 Å².